The monoisotopic (exact) mass is 274 g/mol. The first kappa shape index (κ1) is 14.3. The number of aromatic nitrogens is 1. The third-order valence-corrected chi connectivity index (χ3v) is 2.99. The second-order valence-corrected chi connectivity index (χ2v) is 4.35. The van der Waals surface area contributed by atoms with E-state index in [2.05, 4.69) is 10.3 Å². The van der Waals surface area contributed by atoms with Crippen LogP contribution in [0.2, 0.25) is 0 Å². The van der Waals surface area contributed by atoms with Gasteiger partial charge in [0.1, 0.15) is 5.82 Å². The van der Waals surface area contributed by atoms with E-state index in [0.717, 1.165) is 18.4 Å². The number of anilines is 1. The molecule has 1 aromatic carbocycles. The second kappa shape index (κ2) is 6.86. The Labute approximate surface area is 117 Å². The summed E-state index contributed by atoms with van der Waals surface area (Å²) in [6.07, 6.45) is 2.28. The first-order valence-electron chi connectivity index (χ1n) is 6.66. The molecule has 0 spiro atoms. The van der Waals surface area contributed by atoms with Crippen molar-refractivity contribution in [2.45, 2.75) is 13.3 Å². The number of fused-ring (bicyclic) bond motifs is 1. The molecule has 0 bridgehead atoms. The van der Waals surface area contributed by atoms with Crippen LogP contribution in [0.5, 0.6) is 0 Å². The molecule has 0 radical (unpaired) electrons. The van der Waals surface area contributed by atoms with E-state index in [1.54, 1.807) is 6.07 Å². The number of nitrogens with zero attached hydrogens (tertiary/aromatic N) is 1. The molecule has 0 atom stereocenters. The maximum Gasteiger partial charge on any atom is 0.337 e. The van der Waals surface area contributed by atoms with Gasteiger partial charge in [0, 0.05) is 36.7 Å². The number of nitrogens with one attached hydrogen (secondary N) is 1. The van der Waals surface area contributed by atoms with E-state index in [1.165, 1.54) is 6.20 Å². The molecule has 5 nitrogen and oxygen atoms in total. The molecule has 0 aliphatic carbocycles. The average Bonchev–Trinajstić information content (AvgIpc) is 2.46. The second-order valence-electron chi connectivity index (χ2n) is 4.35. The van der Waals surface area contributed by atoms with Gasteiger partial charge in [-0.3, -0.25) is 0 Å². The molecule has 0 unspecified atom stereocenters. The van der Waals surface area contributed by atoms with Gasteiger partial charge in [-0.25, -0.2) is 9.78 Å². The normalized spacial score (nSPS) is 10.7. The Bertz CT molecular complexity index is 599. The number of ether oxygens (including phenoxy) is 1. The number of carbonyl (C=O) groups is 1. The molecule has 2 aromatic rings. The van der Waals surface area contributed by atoms with Crippen LogP contribution < -0.4 is 5.32 Å². The number of hydrogen-bond donors (Lipinski definition) is 2. The number of hydrogen-bond acceptors (Lipinski definition) is 4. The van der Waals surface area contributed by atoms with Crippen molar-refractivity contribution in [3.63, 3.8) is 0 Å². The summed E-state index contributed by atoms with van der Waals surface area (Å²) in [6, 6.07) is 7.38. The van der Waals surface area contributed by atoms with E-state index in [-0.39, 0.29) is 5.56 Å². The molecule has 106 valence electrons. The highest BCUT2D eigenvalue weighted by Gasteiger charge is 2.11. The zero-order valence-corrected chi connectivity index (χ0v) is 11.4. The number of aromatic carboxylic acids is 1. The average molecular weight is 274 g/mol. The molecule has 0 amide bonds. The molecular weight excluding hydrogens is 256 g/mol. The minimum atomic E-state index is -0.961. The fraction of sp³-hybridized carbons (Fsp3) is 0.333. The van der Waals surface area contributed by atoms with Crippen molar-refractivity contribution in [2.75, 3.05) is 25.1 Å². The summed E-state index contributed by atoms with van der Waals surface area (Å²) < 4.78 is 5.27. The zero-order valence-electron chi connectivity index (χ0n) is 11.4. The van der Waals surface area contributed by atoms with Gasteiger partial charge in [0.15, 0.2) is 0 Å². The first-order chi connectivity index (χ1) is 9.74. The Balaban J connectivity index is 2.18. The first-order valence-corrected chi connectivity index (χ1v) is 6.66. The molecule has 0 fully saturated rings. The van der Waals surface area contributed by atoms with Crippen LogP contribution in [-0.2, 0) is 4.74 Å². The summed E-state index contributed by atoms with van der Waals surface area (Å²) in [4.78, 5) is 15.4. The topological polar surface area (TPSA) is 71.5 Å². The standard InChI is InChI=1S/C15H18N2O3/c1-2-20-9-5-8-16-14-12-7-4-3-6-11(12)13(10-17-14)15(18)19/h3-4,6-7,10H,2,5,8-9H2,1H3,(H,16,17)(H,18,19). The van der Waals surface area contributed by atoms with Gasteiger partial charge in [0.25, 0.3) is 0 Å². The molecule has 20 heavy (non-hydrogen) atoms. The minimum Gasteiger partial charge on any atom is -0.478 e. The molecule has 2 rings (SSSR count). The molecule has 2 N–H and O–H groups in total. The lowest BCUT2D eigenvalue weighted by Crippen LogP contribution is -2.08. The van der Waals surface area contributed by atoms with Crippen LogP contribution in [-0.4, -0.2) is 35.8 Å². The zero-order chi connectivity index (χ0) is 14.4. The van der Waals surface area contributed by atoms with Crippen LogP contribution in [0.25, 0.3) is 10.8 Å². The molecule has 1 heterocycles. The molecule has 0 aliphatic heterocycles. The van der Waals surface area contributed by atoms with Crippen molar-refractivity contribution >= 4 is 22.6 Å². The van der Waals surface area contributed by atoms with Crippen molar-refractivity contribution < 1.29 is 14.6 Å². The van der Waals surface area contributed by atoms with Crippen LogP contribution in [0, 0.1) is 0 Å². The van der Waals surface area contributed by atoms with Crippen LogP contribution in [0.4, 0.5) is 5.82 Å². The van der Waals surface area contributed by atoms with Gasteiger partial charge in [-0.15, -0.1) is 0 Å². The summed E-state index contributed by atoms with van der Waals surface area (Å²) in [6.45, 7) is 4.12. The van der Waals surface area contributed by atoms with Crippen LogP contribution in [0.3, 0.4) is 0 Å². The Morgan fingerprint density at radius 1 is 1.35 bits per heavy atom. The Kier molecular flexibility index (Phi) is 4.90. The summed E-state index contributed by atoms with van der Waals surface area (Å²) >= 11 is 0. The van der Waals surface area contributed by atoms with Gasteiger partial charge in [-0.2, -0.15) is 0 Å². The molecule has 0 saturated heterocycles. The predicted molar refractivity (Wildman–Crippen MR) is 78.3 cm³/mol. The maximum atomic E-state index is 11.2. The van der Waals surface area contributed by atoms with Gasteiger partial charge in [-0.1, -0.05) is 24.3 Å². The Morgan fingerprint density at radius 2 is 2.10 bits per heavy atom. The van der Waals surface area contributed by atoms with Crippen LogP contribution in [0.15, 0.2) is 30.5 Å². The summed E-state index contributed by atoms with van der Waals surface area (Å²) in [5, 5.41) is 13.9. The number of benzene rings is 1. The van der Waals surface area contributed by atoms with Crippen molar-refractivity contribution in [1.29, 1.82) is 0 Å². The van der Waals surface area contributed by atoms with Crippen molar-refractivity contribution in [2.24, 2.45) is 0 Å². The third-order valence-electron chi connectivity index (χ3n) is 2.99. The molecule has 5 heteroatoms. The van der Waals surface area contributed by atoms with E-state index < -0.39 is 5.97 Å². The van der Waals surface area contributed by atoms with E-state index in [0.29, 0.717) is 24.4 Å². The fourth-order valence-electron chi connectivity index (χ4n) is 2.03. The molecular formula is C15H18N2O3. The number of pyridine rings is 1. The number of rotatable bonds is 7. The summed E-state index contributed by atoms with van der Waals surface area (Å²) in [5.74, 6) is -0.251. The fourth-order valence-corrected chi connectivity index (χ4v) is 2.03. The minimum absolute atomic E-state index is 0.223. The molecule has 1 aromatic heterocycles. The lowest BCUT2D eigenvalue weighted by molar-refractivity contribution is 0.0698. The highest BCUT2D eigenvalue weighted by atomic mass is 16.5. The Morgan fingerprint density at radius 3 is 2.80 bits per heavy atom. The quantitative estimate of drug-likeness (QED) is 0.760. The van der Waals surface area contributed by atoms with Crippen LogP contribution >= 0.6 is 0 Å². The Hall–Kier alpha value is -2.14. The van der Waals surface area contributed by atoms with Gasteiger partial charge in [0.05, 0.1) is 5.56 Å². The predicted octanol–water partition coefficient (Wildman–Crippen LogP) is 2.77. The van der Waals surface area contributed by atoms with E-state index in [1.807, 2.05) is 25.1 Å². The number of carboxylic acids is 1. The lowest BCUT2D eigenvalue weighted by Gasteiger charge is -2.10. The third kappa shape index (κ3) is 3.24. The largest absolute Gasteiger partial charge is 0.478 e. The van der Waals surface area contributed by atoms with Gasteiger partial charge >= 0.3 is 5.97 Å². The molecule has 0 saturated carbocycles. The van der Waals surface area contributed by atoms with Crippen LogP contribution in [0.1, 0.15) is 23.7 Å². The molecule has 0 aliphatic rings. The maximum absolute atomic E-state index is 11.2. The van der Waals surface area contributed by atoms with Gasteiger partial charge < -0.3 is 15.2 Å². The van der Waals surface area contributed by atoms with E-state index in [4.69, 9.17) is 9.84 Å². The summed E-state index contributed by atoms with van der Waals surface area (Å²) in [7, 11) is 0. The van der Waals surface area contributed by atoms with Crippen molar-refractivity contribution in [3.8, 4) is 0 Å². The SMILES string of the molecule is CCOCCCNc1ncc(C(=O)O)c2ccccc12. The lowest BCUT2D eigenvalue weighted by atomic mass is 10.1. The highest BCUT2D eigenvalue weighted by Crippen LogP contribution is 2.24. The van der Waals surface area contributed by atoms with Gasteiger partial charge in [-0.05, 0) is 13.3 Å². The van der Waals surface area contributed by atoms with E-state index >= 15 is 0 Å². The van der Waals surface area contributed by atoms with Gasteiger partial charge in [0.2, 0.25) is 0 Å². The highest BCUT2D eigenvalue weighted by molar-refractivity contribution is 6.06. The van der Waals surface area contributed by atoms with Crippen molar-refractivity contribution in [1.82, 2.24) is 4.98 Å². The van der Waals surface area contributed by atoms with E-state index in [9.17, 15) is 4.79 Å². The van der Waals surface area contributed by atoms with Crippen molar-refractivity contribution in [3.05, 3.63) is 36.0 Å². The smallest absolute Gasteiger partial charge is 0.337 e. The summed E-state index contributed by atoms with van der Waals surface area (Å²) in [5.41, 5.74) is 0.223. The number of carboxylic acid groups (broad SMARTS) is 1.